The SMILES string of the molecule is CC(C)c1nnc(N2CCCC(C(=O)N3CCOCC3)C2)s1. The zero-order valence-corrected chi connectivity index (χ0v) is 14.1. The molecule has 0 bridgehead atoms. The van der Waals surface area contributed by atoms with E-state index in [-0.39, 0.29) is 11.8 Å². The largest absolute Gasteiger partial charge is 0.378 e. The van der Waals surface area contributed by atoms with Crippen LogP contribution in [-0.2, 0) is 9.53 Å². The number of morpholine rings is 1. The van der Waals surface area contributed by atoms with E-state index in [0.29, 0.717) is 19.1 Å². The summed E-state index contributed by atoms with van der Waals surface area (Å²) in [4.78, 5) is 16.8. The number of carbonyl (C=O) groups excluding carboxylic acids is 1. The van der Waals surface area contributed by atoms with Gasteiger partial charge in [-0.15, -0.1) is 10.2 Å². The molecule has 3 heterocycles. The molecule has 1 atom stereocenters. The quantitative estimate of drug-likeness (QED) is 0.847. The van der Waals surface area contributed by atoms with E-state index in [1.54, 1.807) is 11.3 Å². The van der Waals surface area contributed by atoms with Crippen LogP contribution < -0.4 is 4.90 Å². The van der Waals surface area contributed by atoms with Crippen LogP contribution in [0.15, 0.2) is 0 Å². The van der Waals surface area contributed by atoms with Gasteiger partial charge in [0.25, 0.3) is 0 Å². The van der Waals surface area contributed by atoms with Crippen molar-refractivity contribution in [3.8, 4) is 0 Å². The van der Waals surface area contributed by atoms with Gasteiger partial charge in [0, 0.05) is 32.1 Å². The van der Waals surface area contributed by atoms with Gasteiger partial charge in [0.15, 0.2) is 0 Å². The summed E-state index contributed by atoms with van der Waals surface area (Å²) < 4.78 is 5.33. The molecular formula is C15H24N4O2S. The molecule has 1 aromatic heterocycles. The molecule has 1 aromatic rings. The molecule has 2 aliphatic rings. The first-order chi connectivity index (χ1) is 10.6. The highest BCUT2D eigenvalue weighted by molar-refractivity contribution is 7.15. The van der Waals surface area contributed by atoms with Crippen molar-refractivity contribution in [2.45, 2.75) is 32.6 Å². The van der Waals surface area contributed by atoms with E-state index >= 15 is 0 Å². The van der Waals surface area contributed by atoms with Crippen molar-refractivity contribution in [3.63, 3.8) is 0 Å². The van der Waals surface area contributed by atoms with Gasteiger partial charge in [0.1, 0.15) is 5.01 Å². The summed E-state index contributed by atoms with van der Waals surface area (Å²) in [6.07, 6.45) is 2.01. The molecule has 2 aliphatic heterocycles. The van der Waals surface area contributed by atoms with Gasteiger partial charge in [-0.3, -0.25) is 4.79 Å². The van der Waals surface area contributed by atoms with Gasteiger partial charge in [-0.2, -0.15) is 0 Å². The monoisotopic (exact) mass is 324 g/mol. The number of amides is 1. The number of nitrogens with zero attached hydrogens (tertiary/aromatic N) is 4. The lowest BCUT2D eigenvalue weighted by Gasteiger charge is -2.35. The van der Waals surface area contributed by atoms with Gasteiger partial charge in [0.2, 0.25) is 11.0 Å². The molecule has 22 heavy (non-hydrogen) atoms. The Morgan fingerprint density at radius 1 is 1.27 bits per heavy atom. The molecule has 1 unspecified atom stereocenters. The number of hydrogen-bond donors (Lipinski definition) is 0. The molecule has 0 aromatic carbocycles. The number of anilines is 1. The first-order valence-electron chi connectivity index (χ1n) is 8.10. The normalized spacial score (nSPS) is 23.1. The fraction of sp³-hybridized carbons (Fsp3) is 0.800. The molecule has 0 radical (unpaired) electrons. The van der Waals surface area contributed by atoms with E-state index in [4.69, 9.17) is 4.74 Å². The molecule has 0 N–H and O–H groups in total. The van der Waals surface area contributed by atoms with E-state index in [9.17, 15) is 4.79 Å². The van der Waals surface area contributed by atoms with Gasteiger partial charge in [-0.25, -0.2) is 0 Å². The van der Waals surface area contributed by atoms with Crippen LogP contribution >= 0.6 is 11.3 Å². The summed E-state index contributed by atoms with van der Waals surface area (Å²) in [5.41, 5.74) is 0. The summed E-state index contributed by atoms with van der Waals surface area (Å²) >= 11 is 1.66. The average molecular weight is 324 g/mol. The van der Waals surface area contributed by atoms with Crippen molar-refractivity contribution in [2.75, 3.05) is 44.3 Å². The number of ether oxygens (including phenoxy) is 1. The maximum atomic E-state index is 12.7. The van der Waals surface area contributed by atoms with E-state index in [1.165, 1.54) is 0 Å². The summed E-state index contributed by atoms with van der Waals surface area (Å²) in [7, 11) is 0. The molecular weight excluding hydrogens is 300 g/mol. The van der Waals surface area contributed by atoms with Crippen molar-refractivity contribution in [2.24, 2.45) is 5.92 Å². The van der Waals surface area contributed by atoms with Crippen LogP contribution in [0.1, 0.15) is 37.6 Å². The summed E-state index contributed by atoms with van der Waals surface area (Å²) in [5, 5.41) is 10.6. The predicted molar refractivity (Wildman–Crippen MR) is 86.3 cm³/mol. The molecule has 6 nitrogen and oxygen atoms in total. The molecule has 0 spiro atoms. The maximum Gasteiger partial charge on any atom is 0.227 e. The highest BCUT2D eigenvalue weighted by atomic mass is 32.1. The lowest BCUT2D eigenvalue weighted by Crippen LogP contribution is -2.48. The maximum absolute atomic E-state index is 12.7. The Balaban J connectivity index is 1.64. The standard InChI is InChI=1S/C15H24N4O2S/c1-11(2)13-16-17-15(22-13)19-5-3-4-12(10-19)14(20)18-6-8-21-9-7-18/h11-12H,3-10H2,1-2H3. The molecule has 2 saturated heterocycles. The van der Waals surface area contributed by atoms with Crippen molar-refractivity contribution >= 4 is 22.4 Å². The molecule has 1 amide bonds. The molecule has 7 heteroatoms. The minimum absolute atomic E-state index is 0.0817. The van der Waals surface area contributed by atoms with Crippen molar-refractivity contribution in [3.05, 3.63) is 5.01 Å². The van der Waals surface area contributed by atoms with Crippen LogP contribution in [0.2, 0.25) is 0 Å². The van der Waals surface area contributed by atoms with Crippen LogP contribution in [-0.4, -0.2) is 60.4 Å². The smallest absolute Gasteiger partial charge is 0.227 e. The number of aromatic nitrogens is 2. The fourth-order valence-corrected chi connectivity index (χ4v) is 3.86. The Labute approximate surface area is 135 Å². The molecule has 2 fully saturated rings. The first kappa shape index (κ1) is 15.7. The third kappa shape index (κ3) is 3.41. The number of piperidine rings is 1. The van der Waals surface area contributed by atoms with Crippen LogP contribution in [0, 0.1) is 5.92 Å². The van der Waals surface area contributed by atoms with Crippen molar-refractivity contribution < 1.29 is 9.53 Å². The minimum Gasteiger partial charge on any atom is -0.378 e. The van der Waals surface area contributed by atoms with E-state index < -0.39 is 0 Å². The predicted octanol–water partition coefficient (Wildman–Crippen LogP) is 1.74. The van der Waals surface area contributed by atoms with Crippen LogP contribution in [0.25, 0.3) is 0 Å². The zero-order valence-electron chi connectivity index (χ0n) is 13.3. The Bertz CT molecular complexity index is 513. The van der Waals surface area contributed by atoms with Crippen molar-refractivity contribution in [1.29, 1.82) is 0 Å². The van der Waals surface area contributed by atoms with Gasteiger partial charge in [-0.1, -0.05) is 25.2 Å². The third-order valence-electron chi connectivity index (χ3n) is 4.29. The highest BCUT2D eigenvalue weighted by Crippen LogP contribution is 2.29. The Hall–Kier alpha value is -1.21. The van der Waals surface area contributed by atoms with Crippen LogP contribution in [0.4, 0.5) is 5.13 Å². The summed E-state index contributed by atoms with van der Waals surface area (Å²) in [6.45, 7) is 8.78. The van der Waals surface area contributed by atoms with Crippen LogP contribution in [0.3, 0.4) is 0 Å². The second kappa shape index (κ2) is 6.91. The first-order valence-corrected chi connectivity index (χ1v) is 8.91. The molecule has 122 valence electrons. The zero-order chi connectivity index (χ0) is 15.5. The van der Waals surface area contributed by atoms with Gasteiger partial charge >= 0.3 is 0 Å². The highest BCUT2D eigenvalue weighted by Gasteiger charge is 2.31. The number of hydrogen-bond acceptors (Lipinski definition) is 6. The van der Waals surface area contributed by atoms with Gasteiger partial charge in [-0.05, 0) is 12.8 Å². The van der Waals surface area contributed by atoms with E-state index in [1.807, 2.05) is 4.90 Å². The molecule has 0 aliphatic carbocycles. The van der Waals surface area contributed by atoms with Crippen molar-refractivity contribution in [1.82, 2.24) is 15.1 Å². The van der Waals surface area contributed by atoms with Crippen LogP contribution in [0.5, 0.6) is 0 Å². The summed E-state index contributed by atoms with van der Waals surface area (Å²) in [6, 6.07) is 0. The second-order valence-electron chi connectivity index (χ2n) is 6.30. The lowest BCUT2D eigenvalue weighted by molar-refractivity contribution is -0.139. The third-order valence-corrected chi connectivity index (χ3v) is 5.57. The fourth-order valence-electron chi connectivity index (χ4n) is 2.98. The number of rotatable bonds is 3. The summed E-state index contributed by atoms with van der Waals surface area (Å²) in [5.74, 6) is 0.765. The van der Waals surface area contributed by atoms with E-state index in [0.717, 1.165) is 49.2 Å². The topological polar surface area (TPSA) is 58.6 Å². The Kier molecular flexibility index (Phi) is 4.93. The second-order valence-corrected chi connectivity index (χ2v) is 7.29. The Morgan fingerprint density at radius 3 is 2.73 bits per heavy atom. The minimum atomic E-state index is 0.0817. The van der Waals surface area contributed by atoms with E-state index in [2.05, 4.69) is 28.9 Å². The lowest BCUT2D eigenvalue weighted by atomic mass is 9.96. The molecule has 3 rings (SSSR count). The van der Waals surface area contributed by atoms with Gasteiger partial charge in [0.05, 0.1) is 19.1 Å². The van der Waals surface area contributed by atoms with Gasteiger partial charge < -0.3 is 14.5 Å². The average Bonchev–Trinajstić information content (AvgIpc) is 3.05. The molecule has 0 saturated carbocycles. The number of carbonyl (C=O) groups is 1. The Morgan fingerprint density at radius 2 is 2.05 bits per heavy atom.